The van der Waals surface area contributed by atoms with Gasteiger partial charge in [0.2, 0.25) is 0 Å². The molecule has 2 rings (SSSR count). The Kier molecular flexibility index (Phi) is 4.52. The average Bonchev–Trinajstić information content (AvgIpc) is 2.78. The number of halogens is 2. The average molecular weight is 314 g/mol. The van der Waals surface area contributed by atoms with Crippen LogP contribution in [-0.4, -0.2) is 17.1 Å². The Morgan fingerprint density at radius 2 is 2.26 bits per heavy atom. The van der Waals surface area contributed by atoms with Crippen molar-refractivity contribution >= 4 is 46.7 Å². The van der Waals surface area contributed by atoms with Gasteiger partial charge >= 0.3 is 0 Å². The first-order valence-corrected chi connectivity index (χ1v) is 6.90. The van der Waals surface area contributed by atoms with E-state index in [9.17, 15) is 4.79 Å². The maximum Gasteiger partial charge on any atom is 0.272 e. The number of hydrogen-bond acceptors (Lipinski definition) is 4. The van der Waals surface area contributed by atoms with Gasteiger partial charge in [0.15, 0.2) is 0 Å². The number of aryl methyl sites for hydroxylation is 1. The highest BCUT2D eigenvalue weighted by molar-refractivity contribution is 7.09. The molecule has 4 nitrogen and oxygen atoms in total. The lowest BCUT2D eigenvalue weighted by atomic mass is 10.2. The zero-order chi connectivity index (χ0) is 13.8. The van der Waals surface area contributed by atoms with Gasteiger partial charge in [-0.15, -0.1) is 11.3 Å². The van der Waals surface area contributed by atoms with Gasteiger partial charge in [-0.25, -0.2) is 10.4 Å². The third kappa shape index (κ3) is 3.76. The summed E-state index contributed by atoms with van der Waals surface area (Å²) in [5.41, 5.74) is 3.35. The summed E-state index contributed by atoms with van der Waals surface area (Å²) in [4.78, 5) is 16.0. The lowest BCUT2D eigenvalue weighted by molar-refractivity contribution is 0.0955. The molecule has 0 bridgehead atoms. The van der Waals surface area contributed by atoms with Crippen molar-refractivity contribution in [3.8, 4) is 0 Å². The first-order chi connectivity index (χ1) is 9.06. The van der Waals surface area contributed by atoms with Gasteiger partial charge in [0.05, 0.1) is 27.5 Å². The Bertz CT molecular complexity index is 640. The fraction of sp³-hybridized carbons (Fsp3) is 0.0833. The van der Waals surface area contributed by atoms with Crippen molar-refractivity contribution in [1.82, 2.24) is 10.4 Å². The number of nitrogens with one attached hydrogen (secondary N) is 1. The third-order valence-corrected chi connectivity index (χ3v) is 3.53. The first kappa shape index (κ1) is 14.0. The summed E-state index contributed by atoms with van der Waals surface area (Å²) in [7, 11) is 0. The highest BCUT2D eigenvalue weighted by atomic mass is 35.5. The second-order valence-corrected chi connectivity index (χ2v) is 5.52. The molecule has 0 saturated carbocycles. The zero-order valence-electron chi connectivity index (χ0n) is 9.85. The van der Waals surface area contributed by atoms with Gasteiger partial charge in [-0.1, -0.05) is 23.2 Å². The molecule has 98 valence electrons. The van der Waals surface area contributed by atoms with Crippen LogP contribution in [0.25, 0.3) is 0 Å². The largest absolute Gasteiger partial charge is 0.272 e. The maximum absolute atomic E-state index is 11.8. The molecule has 1 aromatic heterocycles. The monoisotopic (exact) mass is 313 g/mol. The molecule has 0 saturated heterocycles. The van der Waals surface area contributed by atoms with Crippen LogP contribution in [0.2, 0.25) is 10.0 Å². The highest BCUT2D eigenvalue weighted by Gasteiger charge is 2.09. The fourth-order valence-corrected chi connectivity index (χ4v) is 2.27. The van der Waals surface area contributed by atoms with Crippen LogP contribution in [0.3, 0.4) is 0 Å². The molecule has 0 aliphatic heterocycles. The maximum atomic E-state index is 11.8. The van der Waals surface area contributed by atoms with E-state index in [1.165, 1.54) is 23.6 Å². The number of carbonyl (C=O) groups is 1. The number of benzene rings is 1. The molecule has 2 aromatic rings. The van der Waals surface area contributed by atoms with Crippen molar-refractivity contribution < 1.29 is 4.79 Å². The van der Waals surface area contributed by atoms with E-state index >= 15 is 0 Å². The van der Waals surface area contributed by atoms with Crippen molar-refractivity contribution in [1.29, 1.82) is 0 Å². The van der Waals surface area contributed by atoms with E-state index in [0.29, 0.717) is 15.7 Å². The van der Waals surface area contributed by atoms with Gasteiger partial charge in [-0.2, -0.15) is 5.10 Å². The molecule has 0 spiro atoms. The summed E-state index contributed by atoms with van der Waals surface area (Å²) in [6.07, 6.45) is 1.47. The minimum Gasteiger partial charge on any atom is -0.267 e. The third-order valence-electron chi connectivity index (χ3n) is 2.17. The zero-order valence-corrected chi connectivity index (χ0v) is 12.2. The molecular formula is C12H9Cl2N3OS. The summed E-state index contributed by atoms with van der Waals surface area (Å²) >= 11 is 13.2. The van der Waals surface area contributed by atoms with E-state index in [1.807, 2.05) is 12.3 Å². The smallest absolute Gasteiger partial charge is 0.267 e. The van der Waals surface area contributed by atoms with Crippen molar-refractivity contribution in [2.75, 3.05) is 0 Å². The molecule has 0 aliphatic rings. The molecule has 1 amide bonds. The highest BCUT2D eigenvalue weighted by Crippen LogP contribution is 2.20. The number of hydrogen-bond donors (Lipinski definition) is 1. The Morgan fingerprint density at radius 3 is 2.95 bits per heavy atom. The number of amides is 1. The summed E-state index contributed by atoms with van der Waals surface area (Å²) in [5.74, 6) is -0.421. The predicted octanol–water partition coefficient (Wildman–Crippen LogP) is 3.52. The molecule has 0 unspecified atom stereocenters. The number of nitrogens with zero attached hydrogens (tertiary/aromatic N) is 2. The molecule has 0 atom stereocenters. The van der Waals surface area contributed by atoms with Crippen molar-refractivity contribution in [3.05, 3.63) is 49.9 Å². The number of carbonyl (C=O) groups excluding carboxylic acids is 1. The molecule has 7 heteroatoms. The van der Waals surface area contributed by atoms with Crippen LogP contribution in [-0.2, 0) is 0 Å². The van der Waals surface area contributed by atoms with E-state index in [-0.39, 0.29) is 5.56 Å². The van der Waals surface area contributed by atoms with Gasteiger partial charge in [0.25, 0.3) is 5.91 Å². The van der Waals surface area contributed by atoms with Crippen molar-refractivity contribution in [2.24, 2.45) is 5.10 Å². The number of aromatic nitrogens is 1. The van der Waals surface area contributed by atoms with Crippen LogP contribution in [0.5, 0.6) is 0 Å². The Balaban J connectivity index is 2.05. The Labute approximate surface area is 124 Å². The van der Waals surface area contributed by atoms with Gasteiger partial charge in [-0.3, -0.25) is 4.79 Å². The molecule has 0 radical (unpaired) electrons. The minimum absolute atomic E-state index is 0.278. The lowest BCUT2D eigenvalue weighted by Gasteiger charge is -2.02. The number of thiazole rings is 1. The number of hydrazone groups is 1. The molecule has 19 heavy (non-hydrogen) atoms. The van der Waals surface area contributed by atoms with E-state index in [1.54, 1.807) is 12.1 Å². The second-order valence-electron chi connectivity index (χ2n) is 3.61. The molecule has 0 aliphatic carbocycles. The molecular weight excluding hydrogens is 305 g/mol. The van der Waals surface area contributed by atoms with Crippen LogP contribution in [0.15, 0.2) is 28.7 Å². The van der Waals surface area contributed by atoms with Crippen molar-refractivity contribution in [2.45, 2.75) is 6.92 Å². The first-order valence-electron chi connectivity index (χ1n) is 5.27. The Hall–Kier alpha value is -1.43. The van der Waals surface area contributed by atoms with Crippen LogP contribution >= 0.6 is 34.5 Å². The molecule has 1 heterocycles. The summed E-state index contributed by atoms with van der Waals surface area (Å²) < 4.78 is 0. The molecule has 1 N–H and O–H groups in total. The van der Waals surface area contributed by atoms with Crippen LogP contribution in [0.1, 0.15) is 21.1 Å². The molecule has 1 aromatic carbocycles. The van der Waals surface area contributed by atoms with E-state index in [4.69, 9.17) is 23.2 Å². The normalized spacial score (nSPS) is 10.9. The number of rotatable bonds is 3. The summed E-state index contributed by atoms with van der Waals surface area (Å²) in [5, 5.41) is 7.36. The van der Waals surface area contributed by atoms with E-state index in [0.717, 1.165) is 5.01 Å². The van der Waals surface area contributed by atoms with Crippen molar-refractivity contribution in [3.63, 3.8) is 0 Å². The van der Waals surface area contributed by atoms with Crippen LogP contribution in [0, 0.1) is 6.92 Å². The van der Waals surface area contributed by atoms with Crippen LogP contribution < -0.4 is 5.43 Å². The van der Waals surface area contributed by atoms with E-state index in [2.05, 4.69) is 15.5 Å². The minimum atomic E-state index is -0.421. The van der Waals surface area contributed by atoms with Gasteiger partial charge in [0, 0.05) is 10.4 Å². The fourth-order valence-electron chi connectivity index (χ4n) is 1.33. The molecule has 0 fully saturated rings. The quantitative estimate of drug-likeness (QED) is 0.696. The van der Waals surface area contributed by atoms with Gasteiger partial charge in [0.1, 0.15) is 0 Å². The second kappa shape index (κ2) is 6.14. The summed E-state index contributed by atoms with van der Waals surface area (Å²) in [6.45, 7) is 1.90. The van der Waals surface area contributed by atoms with Crippen LogP contribution in [0.4, 0.5) is 0 Å². The topological polar surface area (TPSA) is 54.4 Å². The summed E-state index contributed by atoms with van der Waals surface area (Å²) in [6, 6.07) is 4.66. The standard InChI is InChI=1S/C12H9Cl2N3OS/c1-7-16-9(6-19-7)5-15-17-12(18)10-4-8(13)2-3-11(10)14/h2-6H,1H3,(H,17,18)/b15-5-. The van der Waals surface area contributed by atoms with Gasteiger partial charge in [-0.05, 0) is 25.1 Å². The lowest BCUT2D eigenvalue weighted by Crippen LogP contribution is -2.18. The van der Waals surface area contributed by atoms with E-state index < -0.39 is 5.91 Å². The van der Waals surface area contributed by atoms with Gasteiger partial charge < -0.3 is 0 Å². The Morgan fingerprint density at radius 1 is 1.47 bits per heavy atom. The SMILES string of the molecule is Cc1nc(/C=N\NC(=O)c2cc(Cl)ccc2Cl)cs1. The predicted molar refractivity (Wildman–Crippen MR) is 78.4 cm³/mol.